The van der Waals surface area contributed by atoms with Crippen LogP contribution in [0.4, 0.5) is 5.69 Å². The van der Waals surface area contributed by atoms with E-state index in [1.807, 2.05) is 0 Å². The lowest BCUT2D eigenvalue weighted by Gasteiger charge is -2.21. The molecule has 2 aromatic carbocycles. The molecule has 0 bridgehead atoms. The van der Waals surface area contributed by atoms with Crippen molar-refractivity contribution < 1.29 is 24.0 Å². The molecule has 0 fully saturated rings. The third-order valence-electron chi connectivity index (χ3n) is 3.69. The molecule has 0 spiro atoms. The van der Waals surface area contributed by atoms with E-state index in [4.69, 9.17) is 4.84 Å². The Hall–Kier alpha value is -3.48. The number of hydrogen-bond donors (Lipinski definition) is 0. The van der Waals surface area contributed by atoms with Crippen LogP contribution in [0.3, 0.4) is 0 Å². The molecule has 0 aromatic heterocycles. The Kier molecular flexibility index (Phi) is 4.30. The maximum atomic E-state index is 12.2. The standard InChI is InChI=1S/C18H14N2O5/c1-12(21)19(13-7-3-2-4-8-13)11-16(22)25-20-17(23)14-9-5-6-10-15(14)18(20)24/h2-10H,11H2,1H3. The van der Waals surface area contributed by atoms with E-state index in [1.54, 1.807) is 42.5 Å². The molecule has 0 aliphatic carbocycles. The zero-order chi connectivity index (χ0) is 18.0. The predicted molar refractivity (Wildman–Crippen MR) is 87.5 cm³/mol. The second kappa shape index (κ2) is 6.56. The third-order valence-corrected chi connectivity index (χ3v) is 3.69. The number of fused-ring (bicyclic) bond motifs is 1. The minimum Gasteiger partial charge on any atom is -0.328 e. The summed E-state index contributed by atoms with van der Waals surface area (Å²) in [6.07, 6.45) is 0. The van der Waals surface area contributed by atoms with Gasteiger partial charge in [0.25, 0.3) is 11.8 Å². The fraction of sp³-hybridized carbons (Fsp3) is 0.111. The van der Waals surface area contributed by atoms with Gasteiger partial charge in [0.15, 0.2) is 0 Å². The van der Waals surface area contributed by atoms with Crippen LogP contribution < -0.4 is 4.90 Å². The highest BCUT2D eigenvalue weighted by molar-refractivity contribution is 6.21. The SMILES string of the molecule is CC(=O)N(CC(=O)ON1C(=O)c2ccccc2C1=O)c1ccccc1. The van der Waals surface area contributed by atoms with Gasteiger partial charge in [-0.25, -0.2) is 4.79 Å². The van der Waals surface area contributed by atoms with Crippen LogP contribution in [0.1, 0.15) is 27.6 Å². The van der Waals surface area contributed by atoms with Crippen LogP contribution >= 0.6 is 0 Å². The zero-order valence-electron chi connectivity index (χ0n) is 13.3. The molecule has 2 aromatic rings. The highest BCUT2D eigenvalue weighted by Crippen LogP contribution is 2.23. The van der Waals surface area contributed by atoms with Gasteiger partial charge in [0, 0.05) is 12.6 Å². The first-order chi connectivity index (χ1) is 12.0. The van der Waals surface area contributed by atoms with Crippen molar-refractivity contribution in [1.29, 1.82) is 0 Å². The molecule has 1 aliphatic heterocycles. The Balaban J connectivity index is 1.74. The summed E-state index contributed by atoms with van der Waals surface area (Å²) in [5.41, 5.74) is 0.855. The van der Waals surface area contributed by atoms with Crippen molar-refractivity contribution in [2.75, 3.05) is 11.4 Å². The number of amides is 3. The minimum atomic E-state index is -0.895. The summed E-state index contributed by atoms with van der Waals surface area (Å²) >= 11 is 0. The van der Waals surface area contributed by atoms with Gasteiger partial charge >= 0.3 is 5.97 Å². The van der Waals surface area contributed by atoms with Crippen molar-refractivity contribution >= 4 is 29.4 Å². The number of carbonyl (C=O) groups is 4. The first-order valence-corrected chi connectivity index (χ1v) is 7.51. The van der Waals surface area contributed by atoms with Crippen molar-refractivity contribution in [2.24, 2.45) is 0 Å². The number of para-hydroxylation sites is 1. The number of benzene rings is 2. The zero-order valence-corrected chi connectivity index (χ0v) is 13.3. The molecular weight excluding hydrogens is 324 g/mol. The Morgan fingerprint density at radius 1 is 0.920 bits per heavy atom. The second-order valence-corrected chi connectivity index (χ2v) is 5.35. The van der Waals surface area contributed by atoms with Crippen LogP contribution in [-0.2, 0) is 14.4 Å². The molecule has 3 amide bonds. The molecule has 7 heteroatoms. The largest absolute Gasteiger partial charge is 0.352 e. The number of imide groups is 1. The average Bonchev–Trinajstić information content (AvgIpc) is 2.85. The Labute approximate surface area is 143 Å². The molecule has 0 saturated carbocycles. The van der Waals surface area contributed by atoms with E-state index in [2.05, 4.69) is 0 Å². The summed E-state index contributed by atoms with van der Waals surface area (Å²) in [5, 5.41) is 0.427. The lowest BCUT2D eigenvalue weighted by Crippen LogP contribution is -2.40. The summed E-state index contributed by atoms with van der Waals surface area (Å²) < 4.78 is 0. The van der Waals surface area contributed by atoms with Crippen molar-refractivity contribution in [1.82, 2.24) is 5.06 Å². The van der Waals surface area contributed by atoms with Gasteiger partial charge in [-0.1, -0.05) is 35.4 Å². The van der Waals surface area contributed by atoms with Crippen LogP contribution in [0.5, 0.6) is 0 Å². The minimum absolute atomic E-state index is 0.173. The molecule has 0 unspecified atom stereocenters. The summed E-state index contributed by atoms with van der Waals surface area (Å²) in [6, 6.07) is 14.7. The van der Waals surface area contributed by atoms with Crippen molar-refractivity contribution in [2.45, 2.75) is 6.92 Å². The normalized spacial score (nSPS) is 12.8. The molecule has 3 rings (SSSR count). The fourth-order valence-electron chi connectivity index (χ4n) is 2.50. The van der Waals surface area contributed by atoms with Gasteiger partial charge in [-0.15, -0.1) is 0 Å². The van der Waals surface area contributed by atoms with Gasteiger partial charge < -0.3 is 9.74 Å². The molecule has 0 atom stereocenters. The van der Waals surface area contributed by atoms with Crippen molar-refractivity contribution in [3.05, 3.63) is 65.7 Å². The van der Waals surface area contributed by atoms with Crippen LogP contribution in [0.25, 0.3) is 0 Å². The topological polar surface area (TPSA) is 84.0 Å². The van der Waals surface area contributed by atoms with Gasteiger partial charge in [-0.3, -0.25) is 14.4 Å². The van der Waals surface area contributed by atoms with Gasteiger partial charge in [0.1, 0.15) is 6.54 Å². The lowest BCUT2D eigenvalue weighted by molar-refractivity contribution is -0.167. The second-order valence-electron chi connectivity index (χ2n) is 5.35. The highest BCUT2D eigenvalue weighted by atomic mass is 16.7. The van der Waals surface area contributed by atoms with E-state index >= 15 is 0 Å². The monoisotopic (exact) mass is 338 g/mol. The summed E-state index contributed by atoms with van der Waals surface area (Å²) in [7, 11) is 0. The third kappa shape index (κ3) is 3.12. The molecule has 1 heterocycles. The lowest BCUT2D eigenvalue weighted by atomic mass is 10.1. The Morgan fingerprint density at radius 2 is 1.44 bits per heavy atom. The van der Waals surface area contributed by atoms with E-state index in [1.165, 1.54) is 24.0 Å². The Bertz CT molecular complexity index is 828. The predicted octanol–water partition coefficient (Wildman–Crippen LogP) is 1.79. The van der Waals surface area contributed by atoms with E-state index in [9.17, 15) is 19.2 Å². The van der Waals surface area contributed by atoms with Crippen LogP contribution in [0.2, 0.25) is 0 Å². The van der Waals surface area contributed by atoms with Gasteiger partial charge in [0.05, 0.1) is 11.1 Å². The summed E-state index contributed by atoms with van der Waals surface area (Å²) in [6.45, 7) is 0.884. The summed E-state index contributed by atoms with van der Waals surface area (Å²) in [5.74, 6) is -2.68. The molecule has 25 heavy (non-hydrogen) atoms. The molecule has 126 valence electrons. The van der Waals surface area contributed by atoms with Gasteiger partial charge in [0.2, 0.25) is 5.91 Å². The maximum absolute atomic E-state index is 12.2. The molecular formula is C18H14N2O5. The van der Waals surface area contributed by atoms with Crippen molar-refractivity contribution in [3.8, 4) is 0 Å². The van der Waals surface area contributed by atoms with E-state index in [0.717, 1.165) is 0 Å². The molecule has 0 saturated heterocycles. The average molecular weight is 338 g/mol. The molecule has 0 N–H and O–H groups in total. The number of rotatable bonds is 4. The number of anilines is 1. The van der Waals surface area contributed by atoms with E-state index in [-0.39, 0.29) is 17.0 Å². The van der Waals surface area contributed by atoms with Crippen LogP contribution in [0.15, 0.2) is 54.6 Å². The fourth-order valence-corrected chi connectivity index (χ4v) is 2.50. The Morgan fingerprint density at radius 3 is 1.96 bits per heavy atom. The van der Waals surface area contributed by atoms with Crippen LogP contribution in [0, 0.1) is 0 Å². The summed E-state index contributed by atoms with van der Waals surface area (Å²) in [4.78, 5) is 54.4. The van der Waals surface area contributed by atoms with Crippen molar-refractivity contribution in [3.63, 3.8) is 0 Å². The molecule has 7 nitrogen and oxygen atoms in total. The highest BCUT2D eigenvalue weighted by Gasteiger charge is 2.38. The van der Waals surface area contributed by atoms with Gasteiger partial charge in [-0.2, -0.15) is 0 Å². The van der Waals surface area contributed by atoms with E-state index in [0.29, 0.717) is 10.8 Å². The number of hydrogen-bond acceptors (Lipinski definition) is 5. The number of hydroxylamine groups is 2. The number of carbonyl (C=O) groups excluding carboxylic acids is 4. The van der Waals surface area contributed by atoms with E-state index < -0.39 is 24.3 Å². The maximum Gasteiger partial charge on any atom is 0.352 e. The first-order valence-electron chi connectivity index (χ1n) is 7.51. The number of nitrogens with zero attached hydrogens (tertiary/aromatic N) is 2. The first kappa shape index (κ1) is 16.4. The smallest absolute Gasteiger partial charge is 0.328 e. The molecule has 1 aliphatic rings. The quantitative estimate of drug-likeness (QED) is 0.794. The molecule has 0 radical (unpaired) electrons. The van der Waals surface area contributed by atoms with Crippen LogP contribution in [-0.4, -0.2) is 35.3 Å². The van der Waals surface area contributed by atoms with Gasteiger partial charge in [-0.05, 0) is 24.3 Å².